The molecule has 0 bridgehead atoms. The zero-order chi connectivity index (χ0) is 21.5. The monoisotopic (exact) mass is 414 g/mol. The first-order valence-corrected chi connectivity index (χ1v) is 10.9. The molecule has 2 aromatic rings. The molecule has 1 aromatic heterocycles. The van der Waals surface area contributed by atoms with Crippen LogP contribution in [0, 0.1) is 5.92 Å². The summed E-state index contributed by atoms with van der Waals surface area (Å²) in [4.78, 5) is 16.9. The Balaban J connectivity index is 1.49. The Morgan fingerprint density at radius 2 is 2.03 bits per heavy atom. The first-order valence-electron chi connectivity index (χ1n) is 10.9. The molecule has 0 spiro atoms. The number of ether oxygens (including phenoxy) is 1. The average Bonchev–Trinajstić information content (AvgIpc) is 3.21. The van der Waals surface area contributed by atoms with Crippen molar-refractivity contribution in [1.29, 1.82) is 0 Å². The van der Waals surface area contributed by atoms with E-state index in [4.69, 9.17) is 4.74 Å². The minimum atomic E-state index is -0.0567. The highest BCUT2D eigenvalue weighted by Crippen LogP contribution is 2.28. The van der Waals surface area contributed by atoms with Gasteiger partial charge in [0.25, 0.3) is 0 Å². The summed E-state index contributed by atoms with van der Waals surface area (Å²) in [6.07, 6.45) is 3.62. The van der Waals surface area contributed by atoms with Gasteiger partial charge in [0.15, 0.2) is 5.82 Å². The molecule has 0 N–H and O–H groups in total. The number of para-hydroxylation sites is 1. The van der Waals surface area contributed by atoms with Gasteiger partial charge in [-0.15, -0.1) is 5.10 Å². The topological polar surface area (TPSA) is 76.4 Å². The van der Waals surface area contributed by atoms with Crippen molar-refractivity contribution in [3.05, 3.63) is 35.7 Å². The lowest BCUT2D eigenvalue weighted by atomic mass is 9.99. The molecular weight excluding hydrogens is 380 g/mol. The molecule has 1 aromatic carbocycles. The molecule has 0 unspecified atom stereocenters. The van der Waals surface area contributed by atoms with E-state index in [9.17, 15) is 4.79 Å². The number of aryl methyl sites for hydroxylation is 1. The highest BCUT2D eigenvalue weighted by molar-refractivity contribution is 5.76. The van der Waals surface area contributed by atoms with Crippen LogP contribution in [0.3, 0.4) is 0 Å². The molecule has 164 valence electrons. The number of hydrogen-bond donors (Lipinski definition) is 0. The molecule has 1 fully saturated rings. The van der Waals surface area contributed by atoms with Crippen LogP contribution in [0.1, 0.15) is 57.0 Å². The molecular formula is C22H34N6O2. The van der Waals surface area contributed by atoms with Gasteiger partial charge < -0.3 is 9.64 Å². The number of piperidine rings is 1. The molecule has 0 aliphatic carbocycles. The summed E-state index contributed by atoms with van der Waals surface area (Å²) in [7, 11) is 3.50. The van der Waals surface area contributed by atoms with E-state index < -0.39 is 0 Å². The molecule has 0 radical (unpaired) electrons. The molecule has 1 aliphatic rings. The lowest BCUT2D eigenvalue weighted by Gasteiger charge is -2.29. The van der Waals surface area contributed by atoms with E-state index >= 15 is 0 Å². The summed E-state index contributed by atoms with van der Waals surface area (Å²) in [5.74, 6) is 2.59. The highest BCUT2D eigenvalue weighted by Gasteiger charge is 2.21. The predicted octanol–water partition coefficient (Wildman–Crippen LogP) is 2.91. The second-order valence-corrected chi connectivity index (χ2v) is 8.30. The summed E-state index contributed by atoms with van der Waals surface area (Å²) in [6, 6.07) is 7.77. The Labute approximate surface area is 179 Å². The zero-order valence-corrected chi connectivity index (χ0v) is 18.6. The molecule has 8 heteroatoms. The van der Waals surface area contributed by atoms with Crippen LogP contribution in [-0.4, -0.2) is 63.2 Å². The molecule has 0 saturated carbocycles. The van der Waals surface area contributed by atoms with E-state index in [1.807, 2.05) is 42.9 Å². The van der Waals surface area contributed by atoms with Gasteiger partial charge in [0.05, 0.1) is 19.7 Å². The summed E-state index contributed by atoms with van der Waals surface area (Å²) in [5, 5.41) is 12.2. The number of rotatable bonds is 9. The van der Waals surface area contributed by atoms with E-state index in [2.05, 4.69) is 27.3 Å². The van der Waals surface area contributed by atoms with Crippen molar-refractivity contribution >= 4 is 5.91 Å². The lowest BCUT2D eigenvalue weighted by molar-refractivity contribution is -0.132. The van der Waals surface area contributed by atoms with Crippen LogP contribution in [0.5, 0.6) is 5.75 Å². The van der Waals surface area contributed by atoms with E-state index in [1.165, 1.54) is 12.8 Å². The zero-order valence-electron chi connectivity index (χ0n) is 18.6. The van der Waals surface area contributed by atoms with Gasteiger partial charge in [0.1, 0.15) is 5.75 Å². The fraction of sp³-hybridized carbons (Fsp3) is 0.636. The number of likely N-dealkylation sites (tertiary alicyclic amines) is 1. The SMILES string of the molecule is COc1ccccc1[C@H](C)N(C)C(=O)CCCn1nnnc1CN1CCC(C)CC1. The van der Waals surface area contributed by atoms with Crippen LogP contribution in [0.2, 0.25) is 0 Å². The molecule has 1 atom stereocenters. The fourth-order valence-corrected chi connectivity index (χ4v) is 3.92. The number of nitrogens with zero attached hydrogens (tertiary/aromatic N) is 6. The van der Waals surface area contributed by atoms with E-state index in [1.54, 1.807) is 12.0 Å². The molecule has 2 heterocycles. The first kappa shape index (κ1) is 22.2. The van der Waals surface area contributed by atoms with E-state index in [-0.39, 0.29) is 11.9 Å². The van der Waals surface area contributed by atoms with E-state index in [0.29, 0.717) is 19.4 Å². The second kappa shape index (κ2) is 10.5. The second-order valence-electron chi connectivity index (χ2n) is 8.30. The quantitative estimate of drug-likeness (QED) is 0.628. The van der Waals surface area contributed by atoms with Crippen molar-refractivity contribution in [3.63, 3.8) is 0 Å². The van der Waals surface area contributed by atoms with Gasteiger partial charge in [-0.05, 0) is 61.7 Å². The Hall–Kier alpha value is -2.48. The summed E-state index contributed by atoms with van der Waals surface area (Å²) in [5.41, 5.74) is 1.01. The molecule has 1 saturated heterocycles. The van der Waals surface area contributed by atoms with Crippen molar-refractivity contribution in [3.8, 4) is 5.75 Å². The van der Waals surface area contributed by atoms with Crippen LogP contribution in [0.4, 0.5) is 0 Å². The van der Waals surface area contributed by atoms with Gasteiger partial charge in [0.2, 0.25) is 5.91 Å². The third-order valence-corrected chi connectivity index (χ3v) is 6.17. The normalized spacial score (nSPS) is 16.4. The number of amides is 1. The van der Waals surface area contributed by atoms with Gasteiger partial charge in [-0.2, -0.15) is 0 Å². The van der Waals surface area contributed by atoms with Crippen molar-refractivity contribution in [2.24, 2.45) is 5.92 Å². The minimum absolute atomic E-state index is 0.0567. The van der Waals surface area contributed by atoms with Crippen molar-refractivity contribution in [2.45, 2.75) is 58.7 Å². The van der Waals surface area contributed by atoms with Gasteiger partial charge in [-0.25, -0.2) is 4.68 Å². The first-order chi connectivity index (χ1) is 14.5. The Bertz CT molecular complexity index is 815. The van der Waals surface area contributed by atoms with Gasteiger partial charge in [-0.1, -0.05) is 25.1 Å². The number of carbonyl (C=O) groups is 1. The number of aromatic nitrogens is 4. The minimum Gasteiger partial charge on any atom is -0.496 e. The maximum Gasteiger partial charge on any atom is 0.222 e. The smallest absolute Gasteiger partial charge is 0.222 e. The third kappa shape index (κ3) is 5.56. The van der Waals surface area contributed by atoms with Crippen molar-refractivity contribution in [1.82, 2.24) is 30.0 Å². The number of carbonyl (C=O) groups excluding carboxylic acids is 1. The average molecular weight is 415 g/mol. The van der Waals surface area contributed by atoms with Crippen LogP contribution in [0.15, 0.2) is 24.3 Å². The standard InChI is InChI=1S/C22H34N6O2/c1-17-11-14-27(15-12-17)16-21-23-24-25-28(21)13-7-10-22(29)26(3)18(2)19-8-5-6-9-20(19)30-4/h5-6,8-9,17-18H,7,10-16H2,1-4H3/t18-/m0/s1. The molecule has 3 rings (SSSR count). The maximum absolute atomic E-state index is 12.7. The van der Waals surface area contributed by atoms with E-state index in [0.717, 1.165) is 42.7 Å². The Kier molecular flexibility index (Phi) is 7.79. The van der Waals surface area contributed by atoms with Crippen LogP contribution < -0.4 is 4.74 Å². The van der Waals surface area contributed by atoms with Crippen LogP contribution in [-0.2, 0) is 17.9 Å². The molecule has 1 amide bonds. The molecule has 1 aliphatic heterocycles. The number of tetrazole rings is 1. The third-order valence-electron chi connectivity index (χ3n) is 6.17. The highest BCUT2D eigenvalue weighted by atomic mass is 16.5. The van der Waals surface area contributed by atoms with Crippen molar-refractivity contribution < 1.29 is 9.53 Å². The van der Waals surface area contributed by atoms with Gasteiger partial charge in [0, 0.05) is 25.6 Å². The Morgan fingerprint density at radius 1 is 1.30 bits per heavy atom. The molecule has 30 heavy (non-hydrogen) atoms. The largest absolute Gasteiger partial charge is 0.496 e. The fourth-order valence-electron chi connectivity index (χ4n) is 3.92. The maximum atomic E-state index is 12.7. The number of benzene rings is 1. The molecule has 8 nitrogen and oxygen atoms in total. The predicted molar refractivity (Wildman–Crippen MR) is 115 cm³/mol. The number of hydrogen-bond acceptors (Lipinski definition) is 6. The van der Waals surface area contributed by atoms with Crippen LogP contribution >= 0.6 is 0 Å². The van der Waals surface area contributed by atoms with Crippen molar-refractivity contribution in [2.75, 3.05) is 27.2 Å². The van der Waals surface area contributed by atoms with Gasteiger partial charge in [-0.3, -0.25) is 9.69 Å². The van der Waals surface area contributed by atoms with Gasteiger partial charge >= 0.3 is 0 Å². The Morgan fingerprint density at radius 3 is 2.77 bits per heavy atom. The lowest BCUT2D eigenvalue weighted by Crippen LogP contribution is -2.33. The summed E-state index contributed by atoms with van der Waals surface area (Å²) in [6.45, 7) is 7.95. The number of methoxy groups -OCH3 is 1. The summed E-state index contributed by atoms with van der Waals surface area (Å²) >= 11 is 0. The summed E-state index contributed by atoms with van der Waals surface area (Å²) < 4.78 is 7.28. The van der Waals surface area contributed by atoms with Crippen LogP contribution in [0.25, 0.3) is 0 Å².